The molecular formula is C30H34N6O. The van der Waals surface area contributed by atoms with E-state index in [1.807, 2.05) is 46.1 Å². The maximum Gasteiger partial charge on any atom is 0.257 e. The molecule has 0 aliphatic carbocycles. The largest absolute Gasteiger partial charge is 0.338 e. The molecule has 4 heterocycles. The quantitative estimate of drug-likeness (QED) is 0.376. The molecule has 2 aromatic heterocycles. The number of para-hydroxylation sites is 1. The average molecular weight is 495 g/mol. The van der Waals surface area contributed by atoms with Crippen molar-refractivity contribution in [1.82, 2.24) is 29.4 Å². The van der Waals surface area contributed by atoms with Gasteiger partial charge in [-0.15, -0.1) is 10.2 Å². The van der Waals surface area contributed by atoms with E-state index in [2.05, 4.69) is 46.8 Å². The van der Waals surface area contributed by atoms with Gasteiger partial charge in [0.05, 0.1) is 11.3 Å². The fourth-order valence-corrected chi connectivity index (χ4v) is 5.70. The lowest BCUT2D eigenvalue weighted by Gasteiger charge is -2.32. The van der Waals surface area contributed by atoms with Crippen LogP contribution in [0, 0.1) is 13.8 Å². The molecule has 1 atom stereocenters. The predicted octanol–water partition coefficient (Wildman–Crippen LogP) is 5.49. The lowest BCUT2D eigenvalue weighted by molar-refractivity contribution is 0.0704. The molecule has 0 unspecified atom stereocenters. The van der Waals surface area contributed by atoms with Crippen molar-refractivity contribution < 1.29 is 4.79 Å². The Labute approximate surface area is 218 Å². The summed E-state index contributed by atoms with van der Waals surface area (Å²) in [4.78, 5) is 16.1. The number of carbonyl (C=O) groups excluding carboxylic acids is 1. The van der Waals surface area contributed by atoms with Gasteiger partial charge < -0.3 is 9.47 Å². The molecule has 0 saturated carbocycles. The monoisotopic (exact) mass is 494 g/mol. The highest BCUT2D eigenvalue weighted by atomic mass is 16.2. The standard InChI is InChI=1S/C30H34N6O/c1-21-14-15-23(18-22(21)2)28-26(20-36(33-28)25-11-5-3-6-12-25)30(37)34-16-9-10-24(19-34)29-32-31-27-13-7-4-8-17-35(27)29/h3,5-6,11-12,14-15,18,20,24H,4,7-10,13,16-17,19H2,1-2H3/t24-/m0/s1. The lowest BCUT2D eigenvalue weighted by Crippen LogP contribution is -2.40. The van der Waals surface area contributed by atoms with E-state index in [9.17, 15) is 4.79 Å². The molecule has 190 valence electrons. The van der Waals surface area contributed by atoms with Crippen LogP contribution in [0.15, 0.2) is 54.7 Å². The summed E-state index contributed by atoms with van der Waals surface area (Å²) in [6.45, 7) is 6.61. The van der Waals surface area contributed by atoms with Gasteiger partial charge in [-0.25, -0.2) is 4.68 Å². The van der Waals surface area contributed by atoms with Gasteiger partial charge in [-0.05, 0) is 68.9 Å². The van der Waals surface area contributed by atoms with Crippen LogP contribution in [0.2, 0.25) is 0 Å². The van der Waals surface area contributed by atoms with Crippen LogP contribution in [0.3, 0.4) is 0 Å². The second-order valence-electron chi connectivity index (χ2n) is 10.5. The van der Waals surface area contributed by atoms with E-state index in [1.165, 1.54) is 30.4 Å². The van der Waals surface area contributed by atoms with Gasteiger partial charge >= 0.3 is 0 Å². The van der Waals surface area contributed by atoms with Crippen LogP contribution in [0.4, 0.5) is 0 Å². The Hall–Kier alpha value is -3.74. The third-order valence-electron chi connectivity index (χ3n) is 7.96. The summed E-state index contributed by atoms with van der Waals surface area (Å²) >= 11 is 0. The van der Waals surface area contributed by atoms with Crippen molar-refractivity contribution >= 4 is 5.91 Å². The molecular weight excluding hydrogens is 460 g/mol. The summed E-state index contributed by atoms with van der Waals surface area (Å²) < 4.78 is 4.16. The highest BCUT2D eigenvalue weighted by molar-refractivity contribution is 6.00. The Morgan fingerprint density at radius 1 is 0.919 bits per heavy atom. The number of rotatable bonds is 4. The minimum absolute atomic E-state index is 0.0377. The molecule has 0 spiro atoms. The van der Waals surface area contributed by atoms with E-state index in [-0.39, 0.29) is 11.8 Å². The number of aryl methyl sites for hydroxylation is 3. The Morgan fingerprint density at radius 2 is 1.78 bits per heavy atom. The van der Waals surface area contributed by atoms with Crippen molar-refractivity contribution in [2.24, 2.45) is 0 Å². The van der Waals surface area contributed by atoms with Gasteiger partial charge in [0.1, 0.15) is 17.3 Å². The third kappa shape index (κ3) is 4.59. The van der Waals surface area contributed by atoms with Crippen molar-refractivity contribution in [3.63, 3.8) is 0 Å². The minimum Gasteiger partial charge on any atom is -0.338 e. The third-order valence-corrected chi connectivity index (χ3v) is 7.96. The topological polar surface area (TPSA) is 68.8 Å². The molecule has 4 aromatic rings. The van der Waals surface area contributed by atoms with Crippen LogP contribution in [0.1, 0.15) is 71.2 Å². The van der Waals surface area contributed by atoms with Crippen LogP contribution in [-0.4, -0.2) is 48.4 Å². The van der Waals surface area contributed by atoms with Crippen molar-refractivity contribution in [3.05, 3.63) is 83.1 Å². The molecule has 7 heteroatoms. The molecule has 1 amide bonds. The summed E-state index contributed by atoms with van der Waals surface area (Å²) in [6.07, 6.45) is 8.49. The van der Waals surface area contributed by atoms with E-state index < -0.39 is 0 Å². The number of aromatic nitrogens is 5. The molecule has 2 aromatic carbocycles. The zero-order chi connectivity index (χ0) is 25.4. The SMILES string of the molecule is Cc1ccc(-c2nn(-c3ccccc3)cc2C(=O)N2CCC[C@H](c3nnc4n3CCCCC4)C2)cc1C. The fraction of sp³-hybridized carbons (Fsp3) is 0.400. The van der Waals surface area contributed by atoms with Crippen molar-refractivity contribution in [3.8, 4) is 16.9 Å². The lowest BCUT2D eigenvalue weighted by atomic mass is 9.95. The van der Waals surface area contributed by atoms with Gasteiger partial charge in [-0.3, -0.25) is 4.79 Å². The van der Waals surface area contributed by atoms with Gasteiger partial charge in [-0.2, -0.15) is 5.10 Å². The van der Waals surface area contributed by atoms with Crippen LogP contribution < -0.4 is 0 Å². The molecule has 37 heavy (non-hydrogen) atoms. The van der Waals surface area contributed by atoms with E-state index in [1.54, 1.807) is 0 Å². The number of benzene rings is 2. The van der Waals surface area contributed by atoms with Crippen LogP contribution in [-0.2, 0) is 13.0 Å². The Morgan fingerprint density at radius 3 is 2.62 bits per heavy atom. The number of hydrogen-bond donors (Lipinski definition) is 0. The molecule has 1 saturated heterocycles. The van der Waals surface area contributed by atoms with Gasteiger partial charge in [-0.1, -0.05) is 36.8 Å². The minimum atomic E-state index is 0.0377. The maximum atomic E-state index is 14.1. The normalized spacial score (nSPS) is 17.9. The molecule has 6 rings (SSSR count). The van der Waals surface area contributed by atoms with Crippen molar-refractivity contribution in [2.75, 3.05) is 13.1 Å². The van der Waals surface area contributed by atoms with Gasteiger partial charge in [0.25, 0.3) is 5.91 Å². The molecule has 2 aliphatic heterocycles. The van der Waals surface area contributed by atoms with Crippen LogP contribution in [0.5, 0.6) is 0 Å². The van der Waals surface area contributed by atoms with Gasteiger partial charge in [0, 0.05) is 43.7 Å². The first-order valence-electron chi connectivity index (χ1n) is 13.5. The summed E-state index contributed by atoms with van der Waals surface area (Å²) in [7, 11) is 0. The summed E-state index contributed by atoms with van der Waals surface area (Å²) in [5.74, 6) is 2.42. The summed E-state index contributed by atoms with van der Waals surface area (Å²) in [5.41, 5.74) is 5.70. The molecule has 0 bridgehead atoms. The molecule has 0 radical (unpaired) electrons. The van der Waals surface area contributed by atoms with Crippen LogP contribution >= 0.6 is 0 Å². The number of hydrogen-bond acceptors (Lipinski definition) is 4. The van der Waals surface area contributed by atoms with Crippen molar-refractivity contribution in [1.29, 1.82) is 0 Å². The smallest absolute Gasteiger partial charge is 0.257 e. The second kappa shape index (κ2) is 9.96. The van der Waals surface area contributed by atoms with Gasteiger partial charge in [0.15, 0.2) is 0 Å². The number of nitrogens with zero attached hydrogens (tertiary/aromatic N) is 6. The number of likely N-dealkylation sites (tertiary alicyclic amines) is 1. The Balaban J connectivity index is 1.34. The zero-order valence-corrected chi connectivity index (χ0v) is 21.7. The average Bonchev–Trinajstić information content (AvgIpc) is 3.48. The Kier molecular flexibility index (Phi) is 6.37. The molecule has 7 nitrogen and oxygen atoms in total. The van der Waals surface area contributed by atoms with Crippen LogP contribution in [0.25, 0.3) is 16.9 Å². The molecule has 2 aliphatic rings. The second-order valence-corrected chi connectivity index (χ2v) is 10.5. The number of fused-ring (bicyclic) bond motifs is 1. The Bertz CT molecular complexity index is 1420. The number of carbonyl (C=O) groups is 1. The molecule has 0 N–H and O–H groups in total. The first kappa shape index (κ1) is 23.6. The fourth-order valence-electron chi connectivity index (χ4n) is 5.70. The summed E-state index contributed by atoms with van der Waals surface area (Å²) in [6, 6.07) is 16.3. The molecule has 1 fully saturated rings. The van der Waals surface area contributed by atoms with E-state index in [0.29, 0.717) is 12.1 Å². The van der Waals surface area contributed by atoms with Gasteiger partial charge in [0.2, 0.25) is 0 Å². The van der Waals surface area contributed by atoms with Crippen molar-refractivity contribution in [2.45, 2.75) is 64.8 Å². The zero-order valence-electron chi connectivity index (χ0n) is 21.7. The highest BCUT2D eigenvalue weighted by Crippen LogP contribution is 2.31. The first-order chi connectivity index (χ1) is 18.1. The van der Waals surface area contributed by atoms with E-state index in [0.717, 1.165) is 60.9 Å². The van der Waals surface area contributed by atoms with E-state index in [4.69, 9.17) is 5.10 Å². The highest BCUT2D eigenvalue weighted by Gasteiger charge is 2.32. The number of piperidine rings is 1. The van der Waals surface area contributed by atoms with E-state index >= 15 is 0 Å². The maximum absolute atomic E-state index is 14.1. The predicted molar refractivity (Wildman–Crippen MR) is 144 cm³/mol. The summed E-state index contributed by atoms with van der Waals surface area (Å²) in [5, 5.41) is 14.1. The first-order valence-corrected chi connectivity index (χ1v) is 13.5. The number of amides is 1.